The molecule has 0 saturated heterocycles. The molecule has 23 heavy (non-hydrogen) atoms. The van der Waals surface area contributed by atoms with Crippen molar-refractivity contribution in [2.24, 2.45) is 7.05 Å². The van der Waals surface area contributed by atoms with Crippen molar-refractivity contribution in [1.82, 2.24) is 9.88 Å². The molecule has 1 heterocycles. The van der Waals surface area contributed by atoms with Crippen LogP contribution in [0.5, 0.6) is 0 Å². The minimum absolute atomic E-state index is 0.0763. The molecule has 0 aliphatic rings. The normalized spacial score (nSPS) is 10.4. The Bertz CT molecular complexity index is 823. The third-order valence-electron chi connectivity index (χ3n) is 3.42. The predicted molar refractivity (Wildman–Crippen MR) is 79.4 cm³/mol. The minimum Gasteiger partial charge on any atom is -0.345 e. The van der Waals surface area contributed by atoms with E-state index in [1.54, 1.807) is 14.0 Å². The first-order valence-corrected chi connectivity index (χ1v) is 6.74. The van der Waals surface area contributed by atoms with Crippen LogP contribution in [0.15, 0.2) is 35.1 Å². The van der Waals surface area contributed by atoms with E-state index in [-0.39, 0.29) is 11.1 Å². The molecule has 0 bridgehead atoms. The van der Waals surface area contributed by atoms with E-state index in [9.17, 15) is 23.2 Å². The van der Waals surface area contributed by atoms with Crippen molar-refractivity contribution >= 4 is 11.7 Å². The van der Waals surface area contributed by atoms with Crippen molar-refractivity contribution in [1.29, 1.82) is 0 Å². The van der Waals surface area contributed by atoms with E-state index in [0.717, 1.165) is 24.3 Å². The largest absolute Gasteiger partial charge is 0.345 e. The number of carbonyl (C=O) groups excluding carboxylic acids is 2. The first-order chi connectivity index (χ1) is 10.8. The first kappa shape index (κ1) is 16.5. The molecule has 0 aliphatic carbocycles. The maximum Gasteiger partial charge on any atom is 0.251 e. The van der Waals surface area contributed by atoms with Gasteiger partial charge in [0, 0.05) is 24.4 Å². The van der Waals surface area contributed by atoms with E-state index in [1.165, 1.54) is 10.6 Å². The molecule has 0 saturated carbocycles. The summed E-state index contributed by atoms with van der Waals surface area (Å²) >= 11 is 0. The average Bonchev–Trinajstić information content (AvgIpc) is 2.49. The highest BCUT2D eigenvalue weighted by atomic mass is 19.1. The van der Waals surface area contributed by atoms with Crippen molar-refractivity contribution < 1.29 is 18.4 Å². The maximum absolute atomic E-state index is 13.5. The second kappa shape index (κ2) is 6.51. The van der Waals surface area contributed by atoms with Crippen LogP contribution in [0.3, 0.4) is 0 Å². The first-order valence-electron chi connectivity index (χ1n) is 6.74. The number of pyridine rings is 1. The van der Waals surface area contributed by atoms with Gasteiger partial charge in [-0.1, -0.05) is 6.07 Å². The monoisotopic (exact) mass is 320 g/mol. The fraction of sp³-hybridized carbons (Fsp3) is 0.188. The van der Waals surface area contributed by atoms with Crippen LogP contribution < -0.4 is 10.9 Å². The van der Waals surface area contributed by atoms with E-state index in [1.807, 2.05) is 0 Å². The molecule has 0 aliphatic heterocycles. The molecular weight excluding hydrogens is 306 g/mol. The zero-order chi connectivity index (χ0) is 17.1. The molecule has 120 valence electrons. The lowest BCUT2D eigenvalue weighted by atomic mass is 10.1. The highest BCUT2D eigenvalue weighted by Crippen LogP contribution is 2.12. The molecule has 0 spiro atoms. The Morgan fingerprint density at radius 1 is 1.17 bits per heavy atom. The molecule has 2 rings (SSSR count). The summed E-state index contributed by atoms with van der Waals surface area (Å²) in [6.45, 7) is 1.07. The third-order valence-corrected chi connectivity index (χ3v) is 3.42. The average molecular weight is 320 g/mol. The number of nitrogens with zero attached hydrogens (tertiary/aromatic N) is 1. The Hall–Kier alpha value is -2.83. The van der Waals surface area contributed by atoms with Crippen molar-refractivity contribution in [2.75, 3.05) is 6.54 Å². The zero-order valence-electron chi connectivity index (χ0n) is 12.5. The zero-order valence-corrected chi connectivity index (χ0v) is 12.5. The SMILES string of the molecule is Cc1cc(C(=O)NCC(=O)c2c(F)cccc2F)cc(=O)n1C. The second-order valence-corrected chi connectivity index (χ2v) is 4.99. The number of nitrogens with one attached hydrogen (secondary N) is 1. The maximum atomic E-state index is 13.5. The standard InChI is InChI=1S/C16H14F2N2O3/c1-9-6-10(7-14(22)20(9)2)16(23)19-8-13(21)15-11(17)4-3-5-12(15)18/h3-7H,8H2,1-2H3,(H,19,23). The quantitative estimate of drug-likeness (QED) is 0.870. The van der Waals surface area contributed by atoms with Crippen molar-refractivity contribution in [3.8, 4) is 0 Å². The Morgan fingerprint density at radius 2 is 1.78 bits per heavy atom. The lowest BCUT2D eigenvalue weighted by Crippen LogP contribution is -2.32. The number of hydrogen-bond donors (Lipinski definition) is 1. The molecule has 1 aromatic heterocycles. The summed E-state index contributed by atoms with van der Waals surface area (Å²) in [6, 6.07) is 5.66. The molecule has 1 aromatic carbocycles. The van der Waals surface area contributed by atoms with Crippen LogP contribution in [0.25, 0.3) is 0 Å². The molecule has 0 radical (unpaired) electrons. The summed E-state index contributed by atoms with van der Waals surface area (Å²) in [5, 5.41) is 2.26. The summed E-state index contributed by atoms with van der Waals surface area (Å²) in [5.74, 6) is -3.55. The minimum atomic E-state index is -0.992. The van der Waals surface area contributed by atoms with E-state index in [2.05, 4.69) is 5.32 Å². The van der Waals surface area contributed by atoms with Gasteiger partial charge in [-0.15, -0.1) is 0 Å². The predicted octanol–water partition coefficient (Wildman–Crippen LogP) is 1.58. The van der Waals surface area contributed by atoms with Gasteiger partial charge in [-0.2, -0.15) is 0 Å². The number of aromatic nitrogens is 1. The third kappa shape index (κ3) is 3.50. The Kier molecular flexibility index (Phi) is 4.68. The number of Topliss-reactive ketones (excluding diaryl/α,β-unsaturated/α-hetero) is 1. The second-order valence-electron chi connectivity index (χ2n) is 4.99. The number of ketones is 1. The van der Waals surface area contributed by atoms with E-state index in [4.69, 9.17) is 0 Å². The molecule has 0 atom stereocenters. The van der Waals surface area contributed by atoms with Crippen LogP contribution >= 0.6 is 0 Å². The highest BCUT2D eigenvalue weighted by molar-refractivity contribution is 6.02. The van der Waals surface area contributed by atoms with Crippen molar-refractivity contribution in [3.05, 3.63) is 69.1 Å². The summed E-state index contributed by atoms with van der Waals surface area (Å²) in [5.41, 5.74) is -0.434. The number of amides is 1. The van der Waals surface area contributed by atoms with Gasteiger partial charge in [0.1, 0.15) is 11.6 Å². The van der Waals surface area contributed by atoms with Gasteiger partial charge in [0.15, 0.2) is 5.78 Å². The van der Waals surface area contributed by atoms with Crippen LogP contribution in [-0.4, -0.2) is 22.8 Å². The number of benzene rings is 1. The summed E-state index contributed by atoms with van der Waals surface area (Å²) < 4.78 is 28.3. The van der Waals surface area contributed by atoms with E-state index < -0.39 is 35.4 Å². The fourth-order valence-corrected chi connectivity index (χ4v) is 2.01. The van der Waals surface area contributed by atoms with Gasteiger partial charge in [-0.25, -0.2) is 8.78 Å². The van der Waals surface area contributed by atoms with Gasteiger partial charge in [0.05, 0.1) is 12.1 Å². The molecule has 0 unspecified atom stereocenters. The number of carbonyl (C=O) groups is 2. The lowest BCUT2D eigenvalue weighted by Gasteiger charge is -2.08. The molecule has 7 heteroatoms. The number of rotatable bonds is 4. The van der Waals surface area contributed by atoms with Gasteiger partial charge >= 0.3 is 0 Å². The Balaban J connectivity index is 2.13. The van der Waals surface area contributed by atoms with Crippen molar-refractivity contribution in [3.63, 3.8) is 0 Å². The fourth-order valence-electron chi connectivity index (χ4n) is 2.01. The summed E-state index contributed by atoms with van der Waals surface area (Å²) in [7, 11) is 1.56. The van der Waals surface area contributed by atoms with E-state index >= 15 is 0 Å². The summed E-state index contributed by atoms with van der Waals surface area (Å²) in [6.07, 6.45) is 0. The molecule has 0 fully saturated rings. The molecule has 1 N–H and O–H groups in total. The van der Waals surface area contributed by atoms with Crippen LogP contribution in [0.1, 0.15) is 26.4 Å². The van der Waals surface area contributed by atoms with Crippen LogP contribution in [0.4, 0.5) is 8.78 Å². The van der Waals surface area contributed by atoms with Gasteiger partial charge in [-0.3, -0.25) is 14.4 Å². The molecule has 1 amide bonds. The highest BCUT2D eigenvalue weighted by Gasteiger charge is 2.18. The molecule has 5 nitrogen and oxygen atoms in total. The lowest BCUT2D eigenvalue weighted by molar-refractivity contribution is 0.0900. The van der Waals surface area contributed by atoms with Crippen LogP contribution in [0.2, 0.25) is 0 Å². The number of hydrogen-bond acceptors (Lipinski definition) is 3. The smallest absolute Gasteiger partial charge is 0.251 e. The van der Waals surface area contributed by atoms with Gasteiger partial charge in [-0.05, 0) is 25.1 Å². The van der Waals surface area contributed by atoms with Crippen molar-refractivity contribution in [2.45, 2.75) is 6.92 Å². The molecular formula is C16H14F2N2O3. The van der Waals surface area contributed by atoms with Gasteiger partial charge in [0.25, 0.3) is 11.5 Å². The van der Waals surface area contributed by atoms with Gasteiger partial charge in [0.2, 0.25) is 0 Å². The van der Waals surface area contributed by atoms with Crippen LogP contribution in [0, 0.1) is 18.6 Å². The van der Waals surface area contributed by atoms with Gasteiger partial charge < -0.3 is 9.88 Å². The topological polar surface area (TPSA) is 68.2 Å². The Morgan fingerprint density at radius 3 is 2.35 bits per heavy atom. The van der Waals surface area contributed by atoms with E-state index in [0.29, 0.717) is 5.69 Å². The number of halogens is 2. The van der Waals surface area contributed by atoms with Crippen LogP contribution in [-0.2, 0) is 7.05 Å². The molecule has 2 aromatic rings. The summed E-state index contributed by atoms with van der Waals surface area (Å²) in [4.78, 5) is 35.4. The number of aryl methyl sites for hydroxylation is 1. The Labute approximate surface area is 130 Å².